The number of rotatable bonds is 4. The highest BCUT2D eigenvalue weighted by Crippen LogP contribution is 2.15. The summed E-state index contributed by atoms with van der Waals surface area (Å²) in [5.41, 5.74) is 2.14. The van der Waals surface area contributed by atoms with Crippen LogP contribution < -0.4 is 10.2 Å². The molecule has 1 N–H and O–H groups in total. The van der Waals surface area contributed by atoms with E-state index in [2.05, 4.69) is 5.32 Å². The van der Waals surface area contributed by atoms with E-state index in [1.165, 1.54) is 5.56 Å². The molecule has 0 aliphatic rings. The van der Waals surface area contributed by atoms with Crippen molar-refractivity contribution >= 4 is 11.6 Å². The molecule has 0 heterocycles. The Hall–Kier alpha value is -1.35. The molecule has 0 saturated carbocycles. The molecule has 0 aliphatic carbocycles. The lowest BCUT2D eigenvalue weighted by Crippen LogP contribution is -2.37. The zero-order valence-electron chi connectivity index (χ0n) is 9.58. The van der Waals surface area contributed by atoms with Gasteiger partial charge in [0, 0.05) is 12.2 Å². The van der Waals surface area contributed by atoms with Crippen molar-refractivity contribution in [1.29, 1.82) is 0 Å². The van der Waals surface area contributed by atoms with Crippen molar-refractivity contribution in [3.05, 3.63) is 29.8 Å². The second-order valence-corrected chi connectivity index (χ2v) is 3.51. The Morgan fingerprint density at radius 3 is 2.73 bits per heavy atom. The number of anilines is 1. The van der Waals surface area contributed by atoms with Gasteiger partial charge in [-0.1, -0.05) is 12.1 Å². The third-order valence-electron chi connectivity index (χ3n) is 2.26. The number of nitrogens with zero attached hydrogens (tertiary/aromatic N) is 1. The van der Waals surface area contributed by atoms with Crippen LogP contribution in [0.1, 0.15) is 12.5 Å². The summed E-state index contributed by atoms with van der Waals surface area (Å²) < 4.78 is 0. The van der Waals surface area contributed by atoms with Crippen LogP contribution in [-0.2, 0) is 4.79 Å². The topological polar surface area (TPSA) is 32.3 Å². The molecule has 15 heavy (non-hydrogen) atoms. The van der Waals surface area contributed by atoms with Crippen molar-refractivity contribution in [3.8, 4) is 0 Å². The highest BCUT2D eigenvalue weighted by atomic mass is 16.2. The Labute approximate surface area is 91.1 Å². The number of hydrogen-bond donors (Lipinski definition) is 1. The molecule has 0 aromatic heterocycles. The largest absolute Gasteiger partial charge is 0.312 e. The third kappa shape index (κ3) is 3.06. The summed E-state index contributed by atoms with van der Waals surface area (Å²) in [5, 5.41) is 2.88. The molecule has 82 valence electrons. The van der Waals surface area contributed by atoms with Crippen molar-refractivity contribution < 1.29 is 4.79 Å². The average molecular weight is 206 g/mol. The Bertz CT molecular complexity index is 336. The monoisotopic (exact) mass is 206 g/mol. The maximum absolute atomic E-state index is 11.7. The molecular formula is C12H18N2O. The molecule has 0 bridgehead atoms. The van der Waals surface area contributed by atoms with Crippen LogP contribution in [0.5, 0.6) is 0 Å². The maximum Gasteiger partial charge on any atom is 0.240 e. The SMILES string of the molecule is CCN(C(=O)CNC)c1cccc(C)c1. The fourth-order valence-corrected chi connectivity index (χ4v) is 1.55. The first kappa shape index (κ1) is 11.7. The molecular weight excluding hydrogens is 188 g/mol. The van der Waals surface area contributed by atoms with Gasteiger partial charge in [-0.05, 0) is 38.6 Å². The minimum absolute atomic E-state index is 0.102. The van der Waals surface area contributed by atoms with E-state index in [0.29, 0.717) is 13.1 Å². The number of carbonyl (C=O) groups is 1. The van der Waals surface area contributed by atoms with Crippen molar-refractivity contribution in [3.63, 3.8) is 0 Å². The summed E-state index contributed by atoms with van der Waals surface area (Å²) in [6.45, 7) is 5.08. The fraction of sp³-hybridized carbons (Fsp3) is 0.417. The number of carbonyl (C=O) groups excluding carboxylic acids is 1. The molecule has 1 rings (SSSR count). The predicted molar refractivity (Wildman–Crippen MR) is 63.1 cm³/mol. The van der Waals surface area contributed by atoms with Crippen molar-refractivity contribution in [2.75, 3.05) is 25.0 Å². The van der Waals surface area contributed by atoms with Gasteiger partial charge in [0.05, 0.1) is 6.54 Å². The number of hydrogen-bond acceptors (Lipinski definition) is 2. The molecule has 1 aromatic carbocycles. The van der Waals surface area contributed by atoms with Gasteiger partial charge in [0.15, 0.2) is 0 Å². The zero-order chi connectivity index (χ0) is 11.3. The summed E-state index contributed by atoms with van der Waals surface area (Å²) in [5.74, 6) is 0.102. The zero-order valence-corrected chi connectivity index (χ0v) is 9.58. The lowest BCUT2D eigenvalue weighted by Gasteiger charge is -2.21. The molecule has 0 saturated heterocycles. The van der Waals surface area contributed by atoms with Gasteiger partial charge in [0.25, 0.3) is 0 Å². The Morgan fingerprint density at radius 2 is 2.20 bits per heavy atom. The average Bonchev–Trinajstić information content (AvgIpc) is 2.19. The van der Waals surface area contributed by atoms with Gasteiger partial charge < -0.3 is 10.2 Å². The summed E-state index contributed by atoms with van der Waals surface area (Å²) >= 11 is 0. The first-order valence-electron chi connectivity index (χ1n) is 5.20. The molecule has 0 spiro atoms. The number of nitrogens with one attached hydrogen (secondary N) is 1. The Balaban J connectivity index is 2.87. The van der Waals surface area contributed by atoms with Crippen LogP contribution in [0.4, 0.5) is 5.69 Å². The Morgan fingerprint density at radius 1 is 1.47 bits per heavy atom. The van der Waals surface area contributed by atoms with E-state index in [4.69, 9.17) is 0 Å². The van der Waals surface area contributed by atoms with Crippen LogP contribution >= 0.6 is 0 Å². The van der Waals surface area contributed by atoms with E-state index in [1.807, 2.05) is 38.1 Å². The highest BCUT2D eigenvalue weighted by molar-refractivity contribution is 5.94. The highest BCUT2D eigenvalue weighted by Gasteiger charge is 2.12. The van der Waals surface area contributed by atoms with Gasteiger partial charge in [0.1, 0.15) is 0 Å². The van der Waals surface area contributed by atoms with Crippen LogP contribution in [-0.4, -0.2) is 26.0 Å². The van der Waals surface area contributed by atoms with Crippen LogP contribution in [0.25, 0.3) is 0 Å². The van der Waals surface area contributed by atoms with Crippen LogP contribution in [0.15, 0.2) is 24.3 Å². The van der Waals surface area contributed by atoms with Crippen molar-refractivity contribution in [2.45, 2.75) is 13.8 Å². The maximum atomic E-state index is 11.7. The van der Waals surface area contributed by atoms with E-state index in [9.17, 15) is 4.79 Å². The van der Waals surface area contributed by atoms with Gasteiger partial charge in [-0.15, -0.1) is 0 Å². The molecule has 0 fully saturated rings. The van der Waals surface area contributed by atoms with Gasteiger partial charge >= 0.3 is 0 Å². The predicted octanol–water partition coefficient (Wildman–Crippen LogP) is 1.57. The van der Waals surface area contributed by atoms with Gasteiger partial charge in [0.2, 0.25) is 5.91 Å². The lowest BCUT2D eigenvalue weighted by molar-refractivity contribution is -0.117. The molecule has 0 radical (unpaired) electrons. The van der Waals surface area contributed by atoms with Crippen LogP contribution in [0.2, 0.25) is 0 Å². The van der Waals surface area contributed by atoms with Crippen LogP contribution in [0, 0.1) is 6.92 Å². The lowest BCUT2D eigenvalue weighted by atomic mass is 10.2. The summed E-state index contributed by atoms with van der Waals surface area (Å²) in [6.07, 6.45) is 0. The fourth-order valence-electron chi connectivity index (χ4n) is 1.55. The molecule has 1 amide bonds. The van der Waals surface area contributed by atoms with E-state index in [-0.39, 0.29) is 5.91 Å². The molecule has 0 unspecified atom stereocenters. The molecule has 0 atom stereocenters. The quantitative estimate of drug-likeness (QED) is 0.811. The standard InChI is InChI=1S/C12H18N2O/c1-4-14(12(15)9-13-3)11-7-5-6-10(2)8-11/h5-8,13H,4,9H2,1-3H3. The Kier molecular flexibility index (Phi) is 4.31. The first-order valence-corrected chi connectivity index (χ1v) is 5.20. The van der Waals surface area contributed by atoms with Gasteiger partial charge in [-0.25, -0.2) is 0 Å². The van der Waals surface area contributed by atoms with Crippen LogP contribution in [0.3, 0.4) is 0 Å². The summed E-state index contributed by atoms with van der Waals surface area (Å²) in [4.78, 5) is 13.5. The molecule has 3 nitrogen and oxygen atoms in total. The van der Waals surface area contributed by atoms with Gasteiger partial charge in [-0.3, -0.25) is 4.79 Å². The van der Waals surface area contributed by atoms with Crippen molar-refractivity contribution in [2.24, 2.45) is 0 Å². The summed E-state index contributed by atoms with van der Waals surface area (Å²) in [6, 6.07) is 7.99. The minimum Gasteiger partial charge on any atom is -0.312 e. The van der Waals surface area contributed by atoms with E-state index >= 15 is 0 Å². The second-order valence-electron chi connectivity index (χ2n) is 3.51. The summed E-state index contributed by atoms with van der Waals surface area (Å²) in [7, 11) is 1.78. The van der Waals surface area contributed by atoms with E-state index in [1.54, 1.807) is 11.9 Å². The minimum atomic E-state index is 0.102. The van der Waals surface area contributed by atoms with E-state index < -0.39 is 0 Å². The normalized spacial score (nSPS) is 10.1. The first-order chi connectivity index (χ1) is 7.19. The number of amides is 1. The molecule has 1 aromatic rings. The van der Waals surface area contributed by atoms with Crippen molar-refractivity contribution in [1.82, 2.24) is 5.32 Å². The number of benzene rings is 1. The third-order valence-corrected chi connectivity index (χ3v) is 2.26. The van der Waals surface area contributed by atoms with E-state index in [0.717, 1.165) is 5.69 Å². The smallest absolute Gasteiger partial charge is 0.240 e. The second kappa shape index (κ2) is 5.51. The number of likely N-dealkylation sites (N-methyl/N-ethyl adjacent to an activating group) is 2. The molecule has 3 heteroatoms. The number of aryl methyl sites for hydroxylation is 1. The molecule has 0 aliphatic heterocycles. The van der Waals surface area contributed by atoms with Gasteiger partial charge in [-0.2, -0.15) is 0 Å².